The molecule has 2 unspecified atom stereocenters. The summed E-state index contributed by atoms with van der Waals surface area (Å²) in [4.78, 5) is 44.3. The standard InChI is InChI=1S/C42H50F2N10O5/c1-40(9-10-40)59-26-3-5-30-28(19-26)36(49-48-30)31-20-34(46-25-45-31)52-17-15-50(16-18-52)13-14-51-12-11-41(42(43,44)24-51)22-53(23-41)32-6-4-27-29(37(32)58-2)21-54(39(27)57)33-7-8-35(55)47-38(33)56/h3-6,19-20,25,33,38,56H,7-18,21-24H2,1-2H3,(H,47,55)(H,48,49). The van der Waals surface area contributed by atoms with E-state index < -0.39 is 23.6 Å². The van der Waals surface area contributed by atoms with Crippen molar-refractivity contribution < 1.29 is 33.0 Å². The van der Waals surface area contributed by atoms with Gasteiger partial charge in [-0.05, 0) is 69.5 Å². The topological polar surface area (TPSA) is 156 Å². The number of nitrogens with one attached hydrogen (secondary N) is 2. The van der Waals surface area contributed by atoms with E-state index in [1.807, 2.05) is 34.1 Å². The highest BCUT2D eigenvalue weighted by Crippen LogP contribution is 2.53. The summed E-state index contributed by atoms with van der Waals surface area (Å²) >= 11 is 0. The van der Waals surface area contributed by atoms with Crippen molar-refractivity contribution in [3.63, 3.8) is 0 Å². The van der Waals surface area contributed by atoms with Gasteiger partial charge in [0.05, 0.1) is 48.6 Å². The van der Waals surface area contributed by atoms with E-state index in [1.165, 1.54) is 7.11 Å². The summed E-state index contributed by atoms with van der Waals surface area (Å²) in [5.41, 5.74) is 3.03. The fraction of sp³-hybridized carbons (Fsp3) is 0.548. The number of rotatable bonds is 10. The van der Waals surface area contributed by atoms with Crippen molar-refractivity contribution in [2.45, 2.75) is 69.4 Å². The number of fused-ring (bicyclic) bond motifs is 2. The minimum atomic E-state index is -2.87. The third-order valence-electron chi connectivity index (χ3n) is 13.6. The van der Waals surface area contributed by atoms with Crippen LogP contribution in [0, 0.1) is 5.41 Å². The summed E-state index contributed by atoms with van der Waals surface area (Å²) in [6, 6.07) is 10.9. The van der Waals surface area contributed by atoms with Gasteiger partial charge in [0, 0.05) is 81.4 Å². The first-order valence-electron chi connectivity index (χ1n) is 20.7. The molecule has 1 aliphatic carbocycles. The number of hydrogen-bond donors (Lipinski definition) is 3. The zero-order chi connectivity index (χ0) is 40.7. The molecule has 2 aromatic heterocycles. The molecule has 2 aromatic carbocycles. The summed E-state index contributed by atoms with van der Waals surface area (Å²) in [6.07, 6.45) is 3.51. The highest BCUT2D eigenvalue weighted by molar-refractivity contribution is 6.00. The number of aliphatic hydroxyl groups excluding tert-OH is 1. The number of H-pyrrole nitrogens is 1. The van der Waals surface area contributed by atoms with Gasteiger partial charge in [-0.25, -0.2) is 18.7 Å². The van der Waals surface area contributed by atoms with Crippen LogP contribution in [0.1, 0.15) is 54.9 Å². The number of halogens is 2. The van der Waals surface area contributed by atoms with Gasteiger partial charge >= 0.3 is 0 Å². The molecule has 15 nitrogen and oxygen atoms in total. The monoisotopic (exact) mass is 812 g/mol. The Morgan fingerprint density at radius 2 is 1.73 bits per heavy atom. The number of carbonyl (C=O) groups excluding carboxylic acids is 2. The molecular formula is C42H50F2N10O5. The summed E-state index contributed by atoms with van der Waals surface area (Å²) in [5.74, 6) is -1.20. The Morgan fingerprint density at radius 3 is 2.47 bits per heavy atom. The zero-order valence-electron chi connectivity index (χ0n) is 33.4. The first kappa shape index (κ1) is 38.1. The number of hydrogen-bond acceptors (Lipinski definition) is 12. The number of amides is 2. The summed E-state index contributed by atoms with van der Waals surface area (Å²) in [7, 11) is 1.53. The number of piperazine rings is 1. The lowest BCUT2D eigenvalue weighted by Gasteiger charge is -2.58. The Labute approximate surface area is 340 Å². The highest BCUT2D eigenvalue weighted by atomic mass is 19.3. The van der Waals surface area contributed by atoms with E-state index in [0.717, 1.165) is 72.9 Å². The Morgan fingerprint density at radius 1 is 0.932 bits per heavy atom. The molecule has 7 heterocycles. The van der Waals surface area contributed by atoms with Crippen molar-refractivity contribution in [3.05, 3.63) is 53.9 Å². The zero-order valence-corrected chi connectivity index (χ0v) is 33.4. The van der Waals surface area contributed by atoms with Crippen molar-refractivity contribution in [2.24, 2.45) is 5.41 Å². The van der Waals surface area contributed by atoms with Gasteiger partial charge in [-0.2, -0.15) is 5.10 Å². The van der Waals surface area contributed by atoms with Gasteiger partial charge < -0.3 is 34.6 Å². The van der Waals surface area contributed by atoms with Crippen LogP contribution in [0.3, 0.4) is 0 Å². The molecule has 5 fully saturated rings. The van der Waals surface area contributed by atoms with Crippen molar-refractivity contribution in [1.29, 1.82) is 0 Å². The van der Waals surface area contributed by atoms with Crippen LogP contribution < -0.4 is 24.6 Å². The smallest absolute Gasteiger partial charge is 0.269 e. The molecule has 17 heteroatoms. The molecule has 4 saturated heterocycles. The molecule has 2 amide bonds. The second-order valence-corrected chi connectivity index (χ2v) is 17.5. The van der Waals surface area contributed by atoms with E-state index in [1.54, 1.807) is 23.4 Å². The number of anilines is 2. The minimum absolute atomic E-state index is 0.0786. The van der Waals surface area contributed by atoms with E-state index in [0.29, 0.717) is 55.0 Å². The molecule has 3 N–H and O–H groups in total. The molecule has 1 spiro atoms. The van der Waals surface area contributed by atoms with Gasteiger partial charge in [-0.3, -0.25) is 24.5 Å². The number of piperidine rings is 2. The predicted molar refractivity (Wildman–Crippen MR) is 215 cm³/mol. The number of likely N-dealkylation sites (tertiary alicyclic amines) is 1. The summed E-state index contributed by atoms with van der Waals surface area (Å²) in [5, 5.41) is 21.7. The lowest BCUT2D eigenvalue weighted by atomic mass is 9.69. The SMILES string of the molecule is COc1c(N2CC3(CCN(CCN4CCN(c5cc(-c6n[nH]c7ccc(OC8(C)CC8)cc67)ncn5)CC4)CC3(F)F)C2)ccc2c1CN(C1CCC(=O)NC1O)C2=O. The number of alkyl halides is 2. The van der Waals surface area contributed by atoms with Gasteiger partial charge in [0.2, 0.25) is 5.91 Å². The third kappa shape index (κ3) is 6.80. The van der Waals surface area contributed by atoms with Gasteiger partial charge in [0.25, 0.3) is 11.8 Å². The van der Waals surface area contributed by atoms with Crippen LogP contribution in [0.2, 0.25) is 0 Å². The minimum Gasteiger partial charge on any atom is -0.494 e. The summed E-state index contributed by atoms with van der Waals surface area (Å²) < 4.78 is 44.2. The maximum Gasteiger partial charge on any atom is 0.269 e. The van der Waals surface area contributed by atoms with Crippen molar-refractivity contribution in [3.8, 4) is 22.9 Å². The second-order valence-electron chi connectivity index (χ2n) is 17.5. The molecule has 59 heavy (non-hydrogen) atoms. The fourth-order valence-electron chi connectivity index (χ4n) is 9.68. The Hall–Kier alpha value is -5.13. The maximum absolute atomic E-state index is 16.1. The van der Waals surface area contributed by atoms with Crippen LogP contribution in [0.5, 0.6) is 11.5 Å². The molecule has 5 aliphatic heterocycles. The number of carbonyl (C=O) groups is 2. The van der Waals surface area contributed by atoms with Gasteiger partial charge in [-0.1, -0.05) is 0 Å². The van der Waals surface area contributed by atoms with E-state index in [-0.39, 0.29) is 50.0 Å². The fourth-order valence-corrected chi connectivity index (χ4v) is 9.68. The molecule has 2 atom stereocenters. The highest BCUT2D eigenvalue weighted by Gasteiger charge is 2.63. The number of aromatic amines is 1. The number of aromatic nitrogens is 4. The average Bonchev–Trinajstić information content (AvgIpc) is 3.63. The van der Waals surface area contributed by atoms with Gasteiger partial charge in [0.15, 0.2) is 0 Å². The van der Waals surface area contributed by atoms with E-state index in [2.05, 4.69) is 42.2 Å². The Balaban J connectivity index is 0.723. The first-order chi connectivity index (χ1) is 28.4. The predicted octanol–water partition coefficient (Wildman–Crippen LogP) is 3.48. The van der Waals surface area contributed by atoms with E-state index >= 15 is 8.78 Å². The van der Waals surface area contributed by atoms with Crippen LogP contribution in [-0.2, 0) is 11.3 Å². The maximum atomic E-state index is 16.1. The van der Waals surface area contributed by atoms with Crippen LogP contribution in [0.15, 0.2) is 42.7 Å². The number of nitrogens with zero attached hydrogens (tertiary/aromatic N) is 8. The van der Waals surface area contributed by atoms with Crippen LogP contribution in [-0.4, -0.2) is 148 Å². The molecule has 4 aromatic rings. The van der Waals surface area contributed by atoms with Crippen molar-refractivity contribution in [1.82, 2.24) is 40.2 Å². The third-order valence-corrected chi connectivity index (χ3v) is 13.6. The normalized spacial score (nSPS) is 24.9. The lowest BCUT2D eigenvalue weighted by molar-refractivity contribution is -0.180. The number of aliphatic hydroxyl groups is 1. The van der Waals surface area contributed by atoms with Crippen LogP contribution in [0.25, 0.3) is 22.3 Å². The van der Waals surface area contributed by atoms with Gasteiger partial charge in [0.1, 0.15) is 41.2 Å². The number of methoxy groups -OCH3 is 1. The Kier molecular flexibility index (Phi) is 9.21. The molecule has 0 bridgehead atoms. The number of ether oxygens (including phenoxy) is 2. The Bertz CT molecular complexity index is 2290. The quantitative estimate of drug-likeness (QED) is 0.215. The largest absolute Gasteiger partial charge is 0.494 e. The van der Waals surface area contributed by atoms with E-state index in [4.69, 9.17) is 9.47 Å². The van der Waals surface area contributed by atoms with Crippen LogP contribution in [0.4, 0.5) is 20.3 Å². The molecule has 1 saturated carbocycles. The molecule has 0 radical (unpaired) electrons. The average molecular weight is 813 g/mol. The van der Waals surface area contributed by atoms with E-state index in [9.17, 15) is 14.7 Å². The molecular weight excluding hydrogens is 763 g/mol. The van der Waals surface area contributed by atoms with Crippen molar-refractivity contribution >= 4 is 34.2 Å². The molecule has 312 valence electrons. The van der Waals surface area contributed by atoms with Gasteiger partial charge in [-0.15, -0.1) is 0 Å². The van der Waals surface area contributed by atoms with Crippen molar-refractivity contribution in [2.75, 3.05) is 82.4 Å². The number of benzene rings is 2. The second kappa shape index (κ2) is 14.3. The van der Waals surface area contributed by atoms with Crippen LogP contribution >= 0.6 is 0 Å². The molecule has 6 aliphatic rings. The summed E-state index contributed by atoms with van der Waals surface area (Å²) in [6.45, 7) is 7.50. The lowest BCUT2D eigenvalue weighted by Crippen LogP contribution is -2.70. The first-order valence-corrected chi connectivity index (χ1v) is 20.7. The molecule has 10 rings (SSSR count).